The van der Waals surface area contributed by atoms with E-state index in [9.17, 15) is 19.7 Å². The first-order valence-electron chi connectivity index (χ1n) is 8.11. The summed E-state index contributed by atoms with van der Waals surface area (Å²) in [6, 6.07) is 5.49. The number of nitro groups is 1. The van der Waals surface area contributed by atoms with Gasteiger partial charge in [0.1, 0.15) is 5.01 Å². The molecule has 0 aliphatic carbocycles. The topological polar surface area (TPSA) is 103 Å². The van der Waals surface area contributed by atoms with Crippen LogP contribution in [0, 0.1) is 10.1 Å². The first-order chi connectivity index (χ1) is 12.5. The number of nitrogens with zero attached hydrogens (tertiary/aromatic N) is 3. The van der Waals surface area contributed by atoms with Crippen LogP contribution in [0.5, 0.6) is 0 Å². The Morgan fingerprint density at radius 1 is 1.27 bits per heavy atom. The predicted octanol–water partition coefficient (Wildman–Crippen LogP) is 3.28. The summed E-state index contributed by atoms with van der Waals surface area (Å²) < 4.78 is 4.91. The zero-order chi connectivity index (χ0) is 19.1. The third kappa shape index (κ3) is 4.85. The second-order valence-electron chi connectivity index (χ2n) is 5.38. The molecule has 138 valence electrons. The van der Waals surface area contributed by atoms with Gasteiger partial charge in [0.15, 0.2) is 5.69 Å². The molecule has 1 heterocycles. The Bertz CT molecular complexity index is 788. The highest BCUT2D eigenvalue weighted by atomic mass is 32.1. The van der Waals surface area contributed by atoms with E-state index >= 15 is 0 Å². The number of carbonyl (C=O) groups excluding carboxylic acids is 2. The van der Waals surface area contributed by atoms with Crippen LogP contribution >= 0.6 is 11.3 Å². The molecule has 0 saturated carbocycles. The maximum absolute atomic E-state index is 12.7. The van der Waals surface area contributed by atoms with Gasteiger partial charge in [-0.1, -0.05) is 6.92 Å². The van der Waals surface area contributed by atoms with Crippen LogP contribution < -0.4 is 0 Å². The van der Waals surface area contributed by atoms with E-state index in [4.69, 9.17) is 4.74 Å². The summed E-state index contributed by atoms with van der Waals surface area (Å²) in [6.07, 6.45) is 0.745. The molecule has 0 unspecified atom stereocenters. The molecule has 0 bridgehead atoms. The quantitative estimate of drug-likeness (QED) is 0.397. The third-order valence-corrected chi connectivity index (χ3v) is 4.30. The first-order valence-corrected chi connectivity index (χ1v) is 8.99. The van der Waals surface area contributed by atoms with Crippen molar-refractivity contribution < 1.29 is 19.2 Å². The third-order valence-electron chi connectivity index (χ3n) is 3.47. The monoisotopic (exact) mass is 377 g/mol. The van der Waals surface area contributed by atoms with Crippen molar-refractivity contribution >= 4 is 28.9 Å². The molecule has 1 amide bonds. The van der Waals surface area contributed by atoms with Crippen LogP contribution in [0.4, 0.5) is 5.69 Å². The highest BCUT2D eigenvalue weighted by Gasteiger charge is 2.19. The number of amides is 1. The molecular formula is C17H19N3O5S. The zero-order valence-electron chi connectivity index (χ0n) is 14.5. The van der Waals surface area contributed by atoms with Crippen molar-refractivity contribution in [2.45, 2.75) is 26.8 Å². The Kier molecular flexibility index (Phi) is 6.79. The van der Waals surface area contributed by atoms with Crippen molar-refractivity contribution in [3.05, 3.63) is 56.0 Å². The molecule has 9 heteroatoms. The molecular weight excluding hydrogens is 358 g/mol. The van der Waals surface area contributed by atoms with Gasteiger partial charge >= 0.3 is 5.97 Å². The normalized spacial score (nSPS) is 10.4. The molecule has 0 aliphatic heterocycles. The highest BCUT2D eigenvalue weighted by molar-refractivity contribution is 7.09. The van der Waals surface area contributed by atoms with Crippen molar-refractivity contribution in [2.24, 2.45) is 0 Å². The fraction of sp³-hybridized carbons (Fsp3) is 0.353. The lowest BCUT2D eigenvalue weighted by molar-refractivity contribution is -0.384. The van der Waals surface area contributed by atoms with E-state index in [0.29, 0.717) is 17.1 Å². The smallest absolute Gasteiger partial charge is 0.357 e. The highest BCUT2D eigenvalue weighted by Crippen LogP contribution is 2.18. The van der Waals surface area contributed by atoms with Gasteiger partial charge in [0, 0.05) is 29.6 Å². The number of rotatable bonds is 8. The van der Waals surface area contributed by atoms with E-state index in [1.54, 1.807) is 17.2 Å². The summed E-state index contributed by atoms with van der Waals surface area (Å²) in [5.74, 6) is -0.728. The van der Waals surface area contributed by atoms with Gasteiger partial charge in [-0.3, -0.25) is 14.9 Å². The van der Waals surface area contributed by atoms with E-state index in [0.717, 1.165) is 6.42 Å². The molecule has 1 aromatic carbocycles. The molecule has 1 aromatic heterocycles. The van der Waals surface area contributed by atoms with E-state index in [1.165, 1.54) is 35.6 Å². The van der Waals surface area contributed by atoms with Gasteiger partial charge in [-0.05, 0) is 25.5 Å². The van der Waals surface area contributed by atoms with E-state index in [1.807, 2.05) is 6.92 Å². The number of benzene rings is 1. The zero-order valence-corrected chi connectivity index (χ0v) is 15.3. The number of aromatic nitrogens is 1. The predicted molar refractivity (Wildman–Crippen MR) is 96.2 cm³/mol. The Morgan fingerprint density at radius 3 is 2.54 bits per heavy atom. The number of non-ortho nitro benzene ring substituents is 1. The van der Waals surface area contributed by atoms with Gasteiger partial charge in [0.2, 0.25) is 0 Å². The van der Waals surface area contributed by atoms with Crippen LogP contribution in [0.15, 0.2) is 29.6 Å². The second kappa shape index (κ2) is 9.04. The van der Waals surface area contributed by atoms with Gasteiger partial charge in [-0.15, -0.1) is 11.3 Å². The van der Waals surface area contributed by atoms with Crippen LogP contribution in [0.1, 0.15) is 46.1 Å². The van der Waals surface area contributed by atoms with E-state index in [-0.39, 0.29) is 30.4 Å². The fourth-order valence-corrected chi connectivity index (χ4v) is 3.05. The van der Waals surface area contributed by atoms with Gasteiger partial charge in [-0.25, -0.2) is 9.78 Å². The average molecular weight is 377 g/mol. The summed E-state index contributed by atoms with van der Waals surface area (Å²) in [6.45, 7) is 4.70. The van der Waals surface area contributed by atoms with Crippen LogP contribution in [-0.2, 0) is 11.3 Å². The average Bonchev–Trinajstić information content (AvgIpc) is 3.10. The molecule has 0 fully saturated rings. The molecule has 26 heavy (non-hydrogen) atoms. The number of hydrogen-bond donors (Lipinski definition) is 0. The molecule has 0 radical (unpaired) electrons. The summed E-state index contributed by atoms with van der Waals surface area (Å²) in [7, 11) is 0. The Balaban J connectivity index is 2.13. The number of thiazole rings is 1. The summed E-state index contributed by atoms with van der Waals surface area (Å²) in [5, 5.41) is 13.0. The number of nitro benzene ring substituents is 1. The first kappa shape index (κ1) is 19.5. The van der Waals surface area contributed by atoms with Gasteiger partial charge < -0.3 is 9.64 Å². The minimum Gasteiger partial charge on any atom is -0.461 e. The van der Waals surface area contributed by atoms with Crippen LogP contribution in [0.25, 0.3) is 0 Å². The Hall–Kier alpha value is -2.81. The maximum Gasteiger partial charge on any atom is 0.357 e. The van der Waals surface area contributed by atoms with Gasteiger partial charge in [0.25, 0.3) is 11.6 Å². The van der Waals surface area contributed by atoms with Crippen molar-refractivity contribution in [2.75, 3.05) is 13.2 Å². The second-order valence-corrected chi connectivity index (χ2v) is 6.32. The maximum atomic E-state index is 12.7. The molecule has 2 rings (SSSR count). The largest absolute Gasteiger partial charge is 0.461 e. The van der Waals surface area contributed by atoms with Crippen molar-refractivity contribution in [1.29, 1.82) is 0 Å². The lowest BCUT2D eigenvalue weighted by Gasteiger charge is -2.21. The molecule has 0 aliphatic rings. The van der Waals surface area contributed by atoms with E-state index in [2.05, 4.69) is 4.98 Å². The van der Waals surface area contributed by atoms with Crippen molar-refractivity contribution in [3.63, 3.8) is 0 Å². The molecule has 0 N–H and O–H groups in total. The number of ether oxygens (including phenoxy) is 1. The van der Waals surface area contributed by atoms with Crippen LogP contribution in [0.2, 0.25) is 0 Å². The number of esters is 1. The lowest BCUT2D eigenvalue weighted by Crippen LogP contribution is -2.31. The minimum atomic E-state index is -0.509. The SMILES string of the molecule is CCCN(Cc1nc(C(=O)OCC)cs1)C(=O)c1ccc([N+](=O)[O-])cc1. The van der Waals surface area contributed by atoms with Crippen LogP contribution in [0.3, 0.4) is 0 Å². The van der Waals surface area contributed by atoms with E-state index < -0.39 is 10.9 Å². The van der Waals surface area contributed by atoms with Crippen LogP contribution in [-0.4, -0.2) is 39.8 Å². The minimum absolute atomic E-state index is 0.0670. The molecule has 0 spiro atoms. The Morgan fingerprint density at radius 2 is 1.96 bits per heavy atom. The van der Waals surface area contributed by atoms with Crippen molar-refractivity contribution in [3.8, 4) is 0 Å². The number of hydrogen-bond acceptors (Lipinski definition) is 7. The molecule has 0 atom stereocenters. The van der Waals surface area contributed by atoms with Gasteiger partial charge in [-0.2, -0.15) is 0 Å². The standard InChI is InChI=1S/C17H19N3O5S/c1-3-9-19(10-15-18-14(11-26-15)17(22)25-4-2)16(21)12-5-7-13(8-6-12)20(23)24/h5-8,11H,3-4,9-10H2,1-2H3. The lowest BCUT2D eigenvalue weighted by atomic mass is 10.1. The molecule has 8 nitrogen and oxygen atoms in total. The summed E-state index contributed by atoms with van der Waals surface area (Å²) in [4.78, 5) is 40.5. The van der Waals surface area contributed by atoms with Crippen molar-refractivity contribution in [1.82, 2.24) is 9.88 Å². The molecule has 0 saturated heterocycles. The summed E-state index contributed by atoms with van der Waals surface area (Å²) >= 11 is 1.28. The summed E-state index contributed by atoms with van der Waals surface area (Å²) in [5.41, 5.74) is 0.528. The Labute approximate surface area is 154 Å². The molecule has 2 aromatic rings. The fourth-order valence-electron chi connectivity index (χ4n) is 2.28. The van der Waals surface area contributed by atoms with Gasteiger partial charge in [0.05, 0.1) is 18.1 Å². The number of carbonyl (C=O) groups is 2.